The number of ether oxygens (including phenoxy) is 2. The lowest BCUT2D eigenvalue weighted by Crippen LogP contribution is -2.09. The molecule has 6 nitrogen and oxygen atoms in total. The summed E-state index contributed by atoms with van der Waals surface area (Å²) in [7, 11) is 1.51. The van der Waals surface area contributed by atoms with E-state index in [9.17, 15) is 4.79 Å². The highest BCUT2D eigenvalue weighted by Gasteiger charge is 2.18. The summed E-state index contributed by atoms with van der Waals surface area (Å²) in [6.45, 7) is 2.14. The average Bonchev–Trinajstić information content (AvgIpc) is 2.90. The number of nitrogens with zero attached hydrogens (tertiary/aromatic N) is 1. The monoisotopic (exact) mass is 276 g/mol. The first-order chi connectivity index (χ1) is 9.65. The number of carbonyl (C=O) groups is 1. The Morgan fingerprint density at radius 2 is 2.20 bits per heavy atom. The van der Waals surface area contributed by atoms with Crippen molar-refractivity contribution >= 4 is 5.78 Å². The highest BCUT2D eigenvalue weighted by Crippen LogP contribution is 2.23. The van der Waals surface area contributed by atoms with E-state index in [4.69, 9.17) is 19.7 Å². The van der Waals surface area contributed by atoms with Crippen LogP contribution in [0.2, 0.25) is 0 Å². The molecule has 1 heterocycles. The van der Waals surface area contributed by atoms with Gasteiger partial charge in [-0.05, 0) is 24.6 Å². The highest BCUT2D eigenvalue weighted by molar-refractivity contribution is 6.09. The molecule has 0 spiro atoms. The zero-order valence-corrected chi connectivity index (χ0v) is 11.4. The van der Waals surface area contributed by atoms with Crippen LogP contribution in [0.1, 0.15) is 27.4 Å². The van der Waals surface area contributed by atoms with Gasteiger partial charge in [-0.25, -0.2) is 0 Å². The third-order valence-electron chi connectivity index (χ3n) is 2.72. The second-order valence-electron chi connectivity index (χ2n) is 4.24. The van der Waals surface area contributed by atoms with Crippen molar-refractivity contribution in [2.45, 2.75) is 13.5 Å². The molecule has 2 aromatic rings. The molecule has 6 heteroatoms. The molecule has 0 amide bonds. The van der Waals surface area contributed by atoms with Crippen LogP contribution in [0, 0.1) is 6.92 Å². The van der Waals surface area contributed by atoms with Gasteiger partial charge in [0.15, 0.2) is 12.5 Å². The number of hydrogen-bond donors (Lipinski definition) is 1. The summed E-state index contributed by atoms with van der Waals surface area (Å²) in [5, 5.41) is 3.72. The highest BCUT2D eigenvalue weighted by atomic mass is 16.7. The van der Waals surface area contributed by atoms with Gasteiger partial charge in [-0.1, -0.05) is 11.2 Å². The Bertz CT molecular complexity index is 607. The molecule has 0 aliphatic carbocycles. The topological polar surface area (TPSA) is 87.6 Å². The van der Waals surface area contributed by atoms with Gasteiger partial charge >= 0.3 is 0 Å². The molecule has 0 radical (unpaired) electrons. The van der Waals surface area contributed by atoms with E-state index in [1.165, 1.54) is 7.11 Å². The summed E-state index contributed by atoms with van der Waals surface area (Å²) in [6.07, 6.45) is 0. The van der Waals surface area contributed by atoms with Crippen molar-refractivity contribution < 1.29 is 18.8 Å². The number of aryl methyl sites for hydroxylation is 1. The second kappa shape index (κ2) is 6.31. The van der Waals surface area contributed by atoms with Gasteiger partial charge in [0.05, 0.1) is 5.56 Å². The Kier molecular flexibility index (Phi) is 4.49. The van der Waals surface area contributed by atoms with E-state index in [0.717, 1.165) is 5.56 Å². The largest absolute Gasteiger partial charge is 0.467 e. The number of carbonyl (C=O) groups excluding carboxylic acids is 1. The minimum absolute atomic E-state index is 0.0478. The minimum Gasteiger partial charge on any atom is -0.467 e. The van der Waals surface area contributed by atoms with Crippen LogP contribution >= 0.6 is 0 Å². The molecule has 1 aromatic carbocycles. The smallest absolute Gasteiger partial charge is 0.218 e. The maximum absolute atomic E-state index is 12.4. The summed E-state index contributed by atoms with van der Waals surface area (Å²) in [6, 6.07) is 6.75. The molecule has 106 valence electrons. The Morgan fingerprint density at radius 1 is 1.40 bits per heavy atom. The van der Waals surface area contributed by atoms with E-state index < -0.39 is 0 Å². The molecule has 0 unspecified atom stereocenters. The van der Waals surface area contributed by atoms with Crippen LogP contribution in [0.5, 0.6) is 5.75 Å². The van der Waals surface area contributed by atoms with Gasteiger partial charge < -0.3 is 19.7 Å². The number of rotatable bonds is 6. The Labute approximate surface area is 116 Å². The molecule has 0 bridgehead atoms. The van der Waals surface area contributed by atoms with E-state index in [0.29, 0.717) is 23.6 Å². The van der Waals surface area contributed by atoms with Gasteiger partial charge in [0, 0.05) is 19.7 Å². The molecule has 20 heavy (non-hydrogen) atoms. The first-order valence-corrected chi connectivity index (χ1v) is 6.08. The quantitative estimate of drug-likeness (QED) is 0.637. The van der Waals surface area contributed by atoms with Crippen molar-refractivity contribution in [2.75, 3.05) is 13.9 Å². The fourth-order valence-corrected chi connectivity index (χ4v) is 1.73. The zero-order valence-electron chi connectivity index (χ0n) is 11.4. The normalized spacial score (nSPS) is 10.6. The lowest BCUT2D eigenvalue weighted by Gasteiger charge is -2.10. The van der Waals surface area contributed by atoms with Crippen molar-refractivity contribution in [3.63, 3.8) is 0 Å². The van der Waals surface area contributed by atoms with Crippen molar-refractivity contribution in [3.8, 4) is 5.75 Å². The predicted molar refractivity (Wildman–Crippen MR) is 71.5 cm³/mol. The van der Waals surface area contributed by atoms with Gasteiger partial charge in [0.2, 0.25) is 5.78 Å². The van der Waals surface area contributed by atoms with Crippen molar-refractivity contribution in [3.05, 3.63) is 46.8 Å². The molecule has 0 saturated carbocycles. The van der Waals surface area contributed by atoms with E-state index in [2.05, 4.69) is 5.16 Å². The van der Waals surface area contributed by atoms with Gasteiger partial charge in [-0.2, -0.15) is 0 Å². The number of nitrogens with two attached hydrogens (primary N) is 1. The van der Waals surface area contributed by atoms with Gasteiger partial charge in [0.1, 0.15) is 11.5 Å². The standard InChI is InChI=1S/C14H16N2O4/c1-9-5-12(16-20-9)14(17)11-4-3-10(7-15)6-13(11)19-8-18-2/h3-6H,7-8,15H2,1-2H3. The summed E-state index contributed by atoms with van der Waals surface area (Å²) in [5.74, 6) is 0.725. The van der Waals surface area contributed by atoms with Crippen molar-refractivity contribution in [1.29, 1.82) is 0 Å². The zero-order chi connectivity index (χ0) is 14.5. The van der Waals surface area contributed by atoms with E-state index >= 15 is 0 Å². The van der Waals surface area contributed by atoms with Crippen LogP contribution in [0.3, 0.4) is 0 Å². The van der Waals surface area contributed by atoms with Crippen LogP contribution in [0.4, 0.5) is 0 Å². The predicted octanol–water partition coefficient (Wildman–Crippen LogP) is 1.66. The van der Waals surface area contributed by atoms with Gasteiger partial charge in [0.25, 0.3) is 0 Å². The van der Waals surface area contributed by atoms with Crippen molar-refractivity contribution in [1.82, 2.24) is 5.16 Å². The third kappa shape index (κ3) is 3.04. The lowest BCUT2D eigenvalue weighted by molar-refractivity contribution is 0.0503. The first-order valence-electron chi connectivity index (χ1n) is 6.08. The number of ketones is 1. The Balaban J connectivity index is 2.36. The van der Waals surface area contributed by atoms with Crippen LogP contribution < -0.4 is 10.5 Å². The SMILES string of the molecule is COCOc1cc(CN)ccc1C(=O)c1cc(C)on1. The maximum atomic E-state index is 12.4. The maximum Gasteiger partial charge on any atom is 0.218 e. The fourth-order valence-electron chi connectivity index (χ4n) is 1.73. The Morgan fingerprint density at radius 3 is 2.80 bits per heavy atom. The Hall–Kier alpha value is -2.18. The number of hydrogen-bond acceptors (Lipinski definition) is 6. The minimum atomic E-state index is -0.267. The molecular formula is C14H16N2O4. The van der Waals surface area contributed by atoms with E-state index in [-0.39, 0.29) is 18.3 Å². The molecule has 0 aliphatic rings. The summed E-state index contributed by atoms with van der Waals surface area (Å²) in [5.41, 5.74) is 7.09. The number of aromatic nitrogens is 1. The molecule has 2 N–H and O–H groups in total. The van der Waals surface area contributed by atoms with Crippen LogP contribution in [-0.4, -0.2) is 24.8 Å². The van der Waals surface area contributed by atoms with Gasteiger partial charge in [-0.3, -0.25) is 4.79 Å². The van der Waals surface area contributed by atoms with Gasteiger partial charge in [-0.15, -0.1) is 0 Å². The molecule has 2 rings (SSSR count). The second-order valence-corrected chi connectivity index (χ2v) is 4.24. The van der Waals surface area contributed by atoms with Crippen LogP contribution in [-0.2, 0) is 11.3 Å². The van der Waals surface area contributed by atoms with E-state index in [1.807, 2.05) is 0 Å². The van der Waals surface area contributed by atoms with Crippen LogP contribution in [0.15, 0.2) is 28.8 Å². The summed E-state index contributed by atoms with van der Waals surface area (Å²) < 4.78 is 15.2. The number of methoxy groups -OCH3 is 1. The first kappa shape index (κ1) is 14.2. The fraction of sp³-hybridized carbons (Fsp3) is 0.286. The molecule has 0 fully saturated rings. The molecular weight excluding hydrogens is 260 g/mol. The summed E-state index contributed by atoms with van der Waals surface area (Å²) >= 11 is 0. The van der Waals surface area contributed by atoms with E-state index in [1.54, 1.807) is 31.2 Å². The van der Waals surface area contributed by atoms with Crippen LogP contribution in [0.25, 0.3) is 0 Å². The van der Waals surface area contributed by atoms with Crippen molar-refractivity contribution in [2.24, 2.45) is 5.73 Å². The average molecular weight is 276 g/mol. The molecule has 0 atom stereocenters. The molecule has 0 aliphatic heterocycles. The third-order valence-corrected chi connectivity index (χ3v) is 2.72. The molecule has 0 saturated heterocycles. The molecule has 1 aromatic heterocycles. The summed E-state index contributed by atoms with van der Waals surface area (Å²) in [4.78, 5) is 12.4. The number of benzene rings is 1. The lowest BCUT2D eigenvalue weighted by atomic mass is 10.0.